The summed E-state index contributed by atoms with van der Waals surface area (Å²) in [4.78, 5) is 20.3. The van der Waals surface area contributed by atoms with E-state index in [1.807, 2.05) is 25.7 Å². The number of nitrogens with zero attached hydrogens (tertiary/aromatic N) is 3. The Kier molecular flexibility index (Phi) is 10.7. The number of halogens is 4. The molecule has 10 heteroatoms. The van der Waals surface area contributed by atoms with Crippen molar-refractivity contribution in [2.75, 3.05) is 44.2 Å². The Labute approximate surface area is 193 Å². The van der Waals surface area contributed by atoms with Crippen LogP contribution in [-0.4, -0.2) is 62.1 Å². The Morgan fingerprint density at radius 1 is 1.20 bits per heavy atom. The van der Waals surface area contributed by atoms with Crippen LogP contribution in [0, 0.1) is 0 Å². The fourth-order valence-corrected chi connectivity index (χ4v) is 3.14. The monoisotopic (exact) mass is 541 g/mol. The zero-order chi connectivity index (χ0) is 21.4. The fraction of sp³-hybridized carbons (Fsp3) is 0.600. The molecule has 0 saturated carbocycles. The molecule has 1 aliphatic rings. The summed E-state index contributed by atoms with van der Waals surface area (Å²) in [6, 6.07) is 5.53. The lowest BCUT2D eigenvalue weighted by Gasteiger charge is -2.38. The summed E-state index contributed by atoms with van der Waals surface area (Å²) >= 11 is 0. The van der Waals surface area contributed by atoms with Gasteiger partial charge in [-0.3, -0.25) is 9.79 Å². The molecule has 0 spiro atoms. The van der Waals surface area contributed by atoms with Gasteiger partial charge in [0.25, 0.3) is 0 Å². The summed E-state index contributed by atoms with van der Waals surface area (Å²) in [7, 11) is 0. The van der Waals surface area contributed by atoms with E-state index in [0.717, 1.165) is 12.0 Å². The number of guanidine groups is 1. The minimum absolute atomic E-state index is 0. The molecular formula is C20H31F3IN5O. The second-order valence-electron chi connectivity index (χ2n) is 7.23. The average Bonchev–Trinajstić information content (AvgIpc) is 2.66. The van der Waals surface area contributed by atoms with E-state index < -0.39 is 11.7 Å². The van der Waals surface area contributed by atoms with Crippen LogP contribution < -0.4 is 15.5 Å². The fourth-order valence-electron chi connectivity index (χ4n) is 3.14. The van der Waals surface area contributed by atoms with Crippen LogP contribution in [0.5, 0.6) is 0 Å². The maximum absolute atomic E-state index is 13.0. The van der Waals surface area contributed by atoms with Gasteiger partial charge in [0.1, 0.15) is 0 Å². The molecule has 1 aromatic rings. The number of piperazine rings is 1. The summed E-state index contributed by atoms with van der Waals surface area (Å²) in [5.41, 5.74) is -0.0567. The Hall–Kier alpha value is -1.72. The summed E-state index contributed by atoms with van der Waals surface area (Å²) in [6.45, 7) is 9.35. The van der Waals surface area contributed by atoms with Crippen molar-refractivity contribution in [3.63, 3.8) is 0 Å². The van der Waals surface area contributed by atoms with Gasteiger partial charge in [0.05, 0.1) is 12.1 Å². The lowest BCUT2D eigenvalue weighted by atomic mass is 10.1. The number of carbonyl (C=O) groups excluding carboxylic acids is 1. The Balaban J connectivity index is 0.00000450. The van der Waals surface area contributed by atoms with E-state index in [0.29, 0.717) is 51.4 Å². The molecule has 2 N–H and O–H groups in total. The molecule has 6 nitrogen and oxygen atoms in total. The molecule has 0 bridgehead atoms. The largest absolute Gasteiger partial charge is 0.416 e. The number of nitrogens with one attached hydrogen (secondary N) is 2. The standard InChI is InChI=1S/C20H30F3N5O.HI/c1-4-24-19(25-9-8-18(29)26-15(2)3)28-12-10-27(11-13-28)17-7-5-6-16(14-17)20(21,22)23;/h5-7,14-15H,4,8-13H2,1-3H3,(H,24,25)(H,26,29);1H. The highest BCUT2D eigenvalue weighted by molar-refractivity contribution is 14.0. The summed E-state index contributed by atoms with van der Waals surface area (Å²) in [6.07, 6.45) is -4.03. The third kappa shape index (κ3) is 8.19. The summed E-state index contributed by atoms with van der Waals surface area (Å²) in [5.74, 6) is 0.697. The van der Waals surface area contributed by atoms with E-state index in [9.17, 15) is 18.0 Å². The van der Waals surface area contributed by atoms with Crippen molar-refractivity contribution in [1.82, 2.24) is 15.5 Å². The van der Waals surface area contributed by atoms with Crippen molar-refractivity contribution in [1.29, 1.82) is 0 Å². The molecule has 0 aromatic heterocycles. The molecule has 1 amide bonds. The smallest absolute Gasteiger partial charge is 0.368 e. The third-order valence-corrected chi connectivity index (χ3v) is 4.50. The van der Waals surface area contributed by atoms with Crippen molar-refractivity contribution in [3.8, 4) is 0 Å². The van der Waals surface area contributed by atoms with Crippen LogP contribution in [0.4, 0.5) is 18.9 Å². The second kappa shape index (κ2) is 12.2. The first-order chi connectivity index (χ1) is 13.7. The van der Waals surface area contributed by atoms with Crippen molar-refractivity contribution in [2.24, 2.45) is 4.99 Å². The lowest BCUT2D eigenvalue weighted by Crippen LogP contribution is -2.52. The van der Waals surface area contributed by atoms with Gasteiger partial charge in [0.15, 0.2) is 5.96 Å². The van der Waals surface area contributed by atoms with Gasteiger partial charge in [-0.25, -0.2) is 0 Å². The molecular weight excluding hydrogens is 510 g/mol. The lowest BCUT2D eigenvalue weighted by molar-refractivity contribution is -0.137. The van der Waals surface area contributed by atoms with Crippen LogP contribution in [0.2, 0.25) is 0 Å². The minimum Gasteiger partial charge on any atom is -0.368 e. The highest BCUT2D eigenvalue weighted by atomic mass is 127. The Bertz CT molecular complexity index is 704. The maximum Gasteiger partial charge on any atom is 0.416 e. The topological polar surface area (TPSA) is 60.0 Å². The van der Waals surface area contributed by atoms with Crippen molar-refractivity contribution < 1.29 is 18.0 Å². The zero-order valence-electron chi connectivity index (χ0n) is 17.6. The molecule has 170 valence electrons. The SMILES string of the molecule is CCNC(=NCCC(=O)NC(C)C)N1CCN(c2cccc(C(F)(F)F)c2)CC1.I. The van der Waals surface area contributed by atoms with Crippen LogP contribution in [0.3, 0.4) is 0 Å². The first kappa shape index (κ1) is 26.3. The number of aliphatic imine (C=N–C) groups is 1. The van der Waals surface area contributed by atoms with Crippen molar-refractivity contribution in [3.05, 3.63) is 29.8 Å². The van der Waals surface area contributed by atoms with Crippen LogP contribution in [0.15, 0.2) is 29.3 Å². The van der Waals surface area contributed by atoms with E-state index >= 15 is 0 Å². The van der Waals surface area contributed by atoms with Crippen molar-refractivity contribution >= 4 is 41.5 Å². The van der Waals surface area contributed by atoms with E-state index in [1.165, 1.54) is 12.1 Å². The molecule has 1 fully saturated rings. The number of hydrogen-bond donors (Lipinski definition) is 2. The Morgan fingerprint density at radius 3 is 2.43 bits per heavy atom. The first-order valence-corrected chi connectivity index (χ1v) is 9.95. The zero-order valence-corrected chi connectivity index (χ0v) is 20.0. The van der Waals surface area contributed by atoms with E-state index in [2.05, 4.69) is 20.5 Å². The molecule has 0 unspecified atom stereocenters. The van der Waals surface area contributed by atoms with E-state index in [4.69, 9.17) is 0 Å². The Morgan fingerprint density at radius 2 is 1.87 bits per heavy atom. The number of amides is 1. The van der Waals surface area contributed by atoms with Crippen molar-refractivity contribution in [2.45, 2.75) is 39.4 Å². The van der Waals surface area contributed by atoms with Crippen LogP contribution >= 0.6 is 24.0 Å². The predicted octanol–water partition coefficient (Wildman–Crippen LogP) is 3.33. The van der Waals surface area contributed by atoms with Crippen LogP contribution in [0.1, 0.15) is 32.8 Å². The van der Waals surface area contributed by atoms with E-state index in [-0.39, 0.29) is 35.9 Å². The van der Waals surface area contributed by atoms with Gasteiger partial charge >= 0.3 is 6.18 Å². The first-order valence-electron chi connectivity index (χ1n) is 9.95. The number of anilines is 1. The van der Waals surface area contributed by atoms with Crippen LogP contribution in [0.25, 0.3) is 0 Å². The molecule has 2 rings (SSSR count). The highest BCUT2D eigenvalue weighted by Crippen LogP contribution is 2.31. The predicted molar refractivity (Wildman–Crippen MR) is 125 cm³/mol. The number of carbonyl (C=O) groups is 1. The molecule has 1 saturated heterocycles. The molecule has 1 aromatic carbocycles. The van der Waals surface area contributed by atoms with E-state index in [1.54, 1.807) is 6.07 Å². The molecule has 0 atom stereocenters. The average molecular weight is 541 g/mol. The molecule has 1 aliphatic heterocycles. The van der Waals surface area contributed by atoms with Gasteiger partial charge < -0.3 is 20.4 Å². The molecule has 30 heavy (non-hydrogen) atoms. The number of hydrogen-bond acceptors (Lipinski definition) is 3. The highest BCUT2D eigenvalue weighted by Gasteiger charge is 2.31. The summed E-state index contributed by atoms with van der Waals surface area (Å²) in [5, 5.41) is 6.07. The number of benzene rings is 1. The quantitative estimate of drug-likeness (QED) is 0.330. The molecule has 0 aliphatic carbocycles. The normalized spacial score (nSPS) is 15.1. The number of rotatable bonds is 6. The van der Waals surface area contributed by atoms with Crippen LogP contribution in [-0.2, 0) is 11.0 Å². The van der Waals surface area contributed by atoms with Gasteiger partial charge in [-0.1, -0.05) is 6.07 Å². The van der Waals surface area contributed by atoms with Gasteiger partial charge in [-0.15, -0.1) is 24.0 Å². The maximum atomic E-state index is 13.0. The van der Waals surface area contributed by atoms with Gasteiger partial charge in [-0.05, 0) is 39.0 Å². The number of alkyl halides is 3. The molecule has 0 radical (unpaired) electrons. The third-order valence-electron chi connectivity index (χ3n) is 4.50. The minimum atomic E-state index is -4.34. The summed E-state index contributed by atoms with van der Waals surface area (Å²) < 4.78 is 38.9. The second-order valence-corrected chi connectivity index (χ2v) is 7.23. The van der Waals surface area contributed by atoms with Gasteiger partial charge in [0, 0.05) is 50.9 Å². The van der Waals surface area contributed by atoms with Gasteiger partial charge in [-0.2, -0.15) is 13.2 Å². The van der Waals surface area contributed by atoms with Gasteiger partial charge in [0.2, 0.25) is 5.91 Å². The molecule has 1 heterocycles.